The molecule has 4 heavy (non-hydrogen) atoms. The zero-order chi connectivity index (χ0) is 3.41. The number of hydrogen-bond donors (Lipinski definition) is 1. The molecular formula is CH5AuOP. The molecule has 0 aromatic rings. The fourth-order valence-electron chi connectivity index (χ4n) is 0. The minimum atomic E-state index is 0.165. The molecule has 1 atom stereocenters. The maximum absolute atomic E-state index is 7.90. The van der Waals surface area contributed by atoms with Crippen molar-refractivity contribution in [1.82, 2.24) is 0 Å². The van der Waals surface area contributed by atoms with Gasteiger partial charge < -0.3 is 0 Å². The summed E-state index contributed by atoms with van der Waals surface area (Å²) >= 11 is 0.165. The van der Waals surface area contributed by atoms with Crippen LogP contribution in [0.15, 0.2) is 0 Å². The van der Waals surface area contributed by atoms with Crippen LogP contribution in [0.2, 0.25) is 0 Å². The summed E-state index contributed by atoms with van der Waals surface area (Å²) in [6, 6.07) is 0. The van der Waals surface area contributed by atoms with Gasteiger partial charge in [-0.3, -0.25) is 0 Å². The molecule has 0 aliphatic rings. The van der Waals surface area contributed by atoms with E-state index in [0.717, 1.165) is 0 Å². The first-order chi connectivity index (χ1) is 1.91. The van der Waals surface area contributed by atoms with Gasteiger partial charge in [0.15, 0.2) is 0 Å². The van der Waals surface area contributed by atoms with E-state index >= 15 is 0 Å². The van der Waals surface area contributed by atoms with E-state index < -0.39 is 0 Å². The molecule has 0 fully saturated rings. The van der Waals surface area contributed by atoms with Crippen LogP contribution in [0.1, 0.15) is 0 Å². The molecule has 1 unspecified atom stereocenters. The van der Waals surface area contributed by atoms with Crippen molar-refractivity contribution < 1.29 is 24.3 Å². The van der Waals surface area contributed by atoms with Gasteiger partial charge in [-0.25, -0.2) is 0 Å². The van der Waals surface area contributed by atoms with Crippen LogP contribution in [-0.2, 0) is 19.2 Å². The first-order valence-electron chi connectivity index (χ1n) is 0.704. The van der Waals surface area contributed by atoms with E-state index in [2.05, 4.69) is 7.13 Å². The van der Waals surface area contributed by atoms with Gasteiger partial charge in [-0.05, 0) is 0 Å². The Morgan fingerprint density at radius 3 is 2.25 bits per heavy atom. The van der Waals surface area contributed by atoms with Gasteiger partial charge in [-0.1, -0.05) is 0 Å². The summed E-state index contributed by atoms with van der Waals surface area (Å²) in [7, 11) is 2.50. The third-order valence-electron chi connectivity index (χ3n) is 0.0550. The summed E-state index contributed by atoms with van der Waals surface area (Å²) in [6.45, 7) is 0. The fourth-order valence-corrected chi connectivity index (χ4v) is 0. The van der Waals surface area contributed by atoms with Crippen molar-refractivity contribution in [1.29, 1.82) is 0 Å². The Kier molecular flexibility index (Phi) is 5.30. The quantitative estimate of drug-likeness (QED) is 0.512. The summed E-state index contributed by atoms with van der Waals surface area (Å²) in [5.41, 5.74) is 0. The van der Waals surface area contributed by atoms with Crippen LogP contribution in [0.3, 0.4) is 0 Å². The Morgan fingerprint density at radius 1 is 2.00 bits per heavy atom. The summed E-state index contributed by atoms with van der Waals surface area (Å²) in [4.78, 5) is 0.380. The van der Waals surface area contributed by atoms with Crippen LogP contribution in [0.5, 0.6) is 0 Å². The molecule has 3 heteroatoms. The molecule has 0 aromatic carbocycles. The first kappa shape index (κ1) is 5.13. The molecule has 0 radical (unpaired) electrons. The average molecular weight is 261 g/mol. The van der Waals surface area contributed by atoms with Crippen molar-refractivity contribution in [2.24, 2.45) is 0 Å². The number of aliphatic hydroxyl groups is 1. The van der Waals surface area contributed by atoms with Gasteiger partial charge in [-0.2, -0.15) is 0 Å². The van der Waals surface area contributed by atoms with Crippen LogP contribution in [-0.4, -0.2) is 9.93 Å². The van der Waals surface area contributed by atoms with Gasteiger partial charge in [0.2, 0.25) is 0 Å². The molecule has 0 saturated heterocycles. The Bertz CT molecular complexity index is 10.0. The molecule has 1 nitrogen and oxygen atoms in total. The van der Waals surface area contributed by atoms with Crippen molar-refractivity contribution in [3.8, 4) is 0 Å². The Balaban J connectivity index is 1.97. The van der Waals surface area contributed by atoms with E-state index in [9.17, 15) is 0 Å². The van der Waals surface area contributed by atoms with Crippen molar-refractivity contribution in [2.45, 2.75) is 0 Å². The monoisotopic (exact) mass is 261 g/mol. The minimum absolute atomic E-state index is 0.165. The van der Waals surface area contributed by atoms with Gasteiger partial charge in [0.25, 0.3) is 0 Å². The average Bonchev–Trinajstić information content (AvgIpc) is 1.37. The standard InChI is InChI=1S/CH3O.Au.H2P/c1-2;;/h2H,1H2;;1H2/q;+1;-1. The molecule has 0 heterocycles. The molecule has 0 aromatic heterocycles. The third-order valence-corrected chi connectivity index (χ3v) is 1.35. The molecule has 0 saturated carbocycles. The van der Waals surface area contributed by atoms with Gasteiger partial charge in [0.05, 0.1) is 0 Å². The summed E-state index contributed by atoms with van der Waals surface area (Å²) in [6.07, 6.45) is 0. The maximum atomic E-state index is 7.90. The fraction of sp³-hybridized carbons (Fsp3) is 1.00. The van der Waals surface area contributed by atoms with Crippen molar-refractivity contribution in [3.63, 3.8) is 0 Å². The van der Waals surface area contributed by atoms with Gasteiger partial charge in [0.1, 0.15) is 0 Å². The van der Waals surface area contributed by atoms with E-state index in [1.54, 1.807) is 0 Å². The zero-order valence-corrected chi connectivity index (χ0v) is 5.35. The van der Waals surface area contributed by atoms with E-state index in [-0.39, 0.29) is 19.2 Å². The van der Waals surface area contributed by atoms with Crippen LogP contribution >= 0.6 is 7.13 Å². The van der Waals surface area contributed by atoms with Crippen molar-refractivity contribution in [2.75, 3.05) is 4.82 Å². The number of hydrogen-bond acceptors (Lipinski definition) is 1. The molecule has 1 N–H and O–H groups in total. The van der Waals surface area contributed by atoms with E-state index in [1.165, 1.54) is 0 Å². The van der Waals surface area contributed by atoms with Crippen molar-refractivity contribution >= 4 is 7.13 Å². The van der Waals surface area contributed by atoms with Gasteiger partial charge in [0, 0.05) is 0 Å². The predicted octanol–water partition coefficient (Wildman–Crippen LogP) is -0.191. The molecule has 31 valence electrons. The summed E-state index contributed by atoms with van der Waals surface area (Å²) in [5, 5.41) is 7.90. The first-order valence-corrected chi connectivity index (χ1v) is 6.34. The SMILES string of the molecule is O[CH2][Au][PH2]. The predicted molar refractivity (Wildman–Crippen MR) is 16.8 cm³/mol. The third kappa shape index (κ3) is 3.13. The van der Waals surface area contributed by atoms with Crippen LogP contribution in [0.25, 0.3) is 0 Å². The molecule has 0 aliphatic carbocycles. The van der Waals surface area contributed by atoms with E-state index in [1.807, 2.05) is 0 Å². The topological polar surface area (TPSA) is 20.2 Å². The van der Waals surface area contributed by atoms with Crippen LogP contribution in [0.4, 0.5) is 0 Å². The van der Waals surface area contributed by atoms with E-state index in [0.29, 0.717) is 4.82 Å². The number of rotatable bonds is 1. The molecule has 0 aliphatic heterocycles. The number of aliphatic hydroxyl groups excluding tert-OH is 1. The Labute approximate surface area is 36.7 Å². The molecule has 0 spiro atoms. The second kappa shape index (κ2) is 4.13. The second-order valence-electron chi connectivity index (χ2n) is 0.218. The Morgan fingerprint density at radius 2 is 2.25 bits per heavy atom. The zero-order valence-electron chi connectivity index (χ0n) is 2.03. The van der Waals surface area contributed by atoms with Crippen LogP contribution < -0.4 is 0 Å². The van der Waals surface area contributed by atoms with Crippen molar-refractivity contribution in [3.05, 3.63) is 0 Å². The van der Waals surface area contributed by atoms with Gasteiger partial charge in [-0.15, -0.1) is 0 Å². The Hall–Kier alpha value is 1.13. The van der Waals surface area contributed by atoms with Crippen LogP contribution in [0, 0.1) is 0 Å². The molecular weight excluding hydrogens is 256 g/mol. The van der Waals surface area contributed by atoms with E-state index in [4.69, 9.17) is 5.11 Å². The molecule has 0 bridgehead atoms. The molecule has 0 rings (SSSR count). The normalized spacial score (nSPS) is 8.50. The molecule has 0 amide bonds. The second-order valence-corrected chi connectivity index (χ2v) is 3.80. The summed E-state index contributed by atoms with van der Waals surface area (Å²) in [5.74, 6) is 0. The van der Waals surface area contributed by atoms with Gasteiger partial charge >= 0.3 is 36.3 Å². The summed E-state index contributed by atoms with van der Waals surface area (Å²) < 4.78 is 0.